The van der Waals surface area contributed by atoms with Crippen LogP contribution in [0, 0.1) is 0 Å². The van der Waals surface area contributed by atoms with E-state index < -0.39 is 5.54 Å². The minimum atomic E-state index is -0.551. The summed E-state index contributed by atoms with van der Waals surface area (Å²) in [5, 5.41) is 0. The summed E-state index contributed by atoms with van der Waals surface area (Å²) in [6, 6.07) is 10.0. The molecule has 0 spiro atoms. The predicted molar refractivity (Wildman–Crippen MR) is 70.9 cm³/mol. The number of carbonyl (C=O) groups is 1. The number of likely N-dealkylation sites (N-methyl/N-ethyl adjacent to an activating group) is 1. The highest BCUT2D eigenvalue weighted by atomic mass is 35.5. The number of benzene rings is 1. The van der Waals surface area contributed by atoms with E-state index in [4.69, 9.17) is 5.73 Å². The summed E-state index contributed by atoms with van der Waals surface area (Å²) >= 11 is 0. The molecule has 4 heteroatoms. The fourth-order valence-corrected chi connectivity index (χ4v) is 1.79. The van der Waals surface area contributed by atoms with E-state index in [0.717, 1.165) is 18.4 Å². The van der Waals surface area contributed by atoms with Gasteiger partial charge in [-0.25, -0.2) is 0 Å². The van der Waals surface area contributed by atoms with Crippen LogP contribution in [0.4, 0.5) is 0 Å². The molecular weight excluding hydrogens is 236 g/mol. The summed E-state index contributed by atoms with van der Waals surface area (Å²) in [5.41, 5.74) is 6.53. The third-order valence-electron chi connectivity index (χ3n) is 3.10. The molecule has 0 atom stereocenters. The maximum Gasteiger partial charge on any atom is 0.242 e. The van der Waals surface area contributed by atoms with Crippen molar-refractivity contribution in [2.75, 3.05) is 6.54 Å². The monoisotopic (exact) mass is 254 g/mol. The molecule has 0 bridgehead atoms. The van der Waals surface area contributed by atoms with Gasteiger partial charge in [0.15, 0.2) is 0 Å². The van der Waals surface area contributed by atoms with Gasteiger partial charge in [-0.15, -0.1) is 12.4 Å². The highest BCUT2D eigenvalue weighted by Gasteiger charge is 2.47. The van der Waals surface area contributed by atoms with Crippen LogP contribution in [0.15, 0.2) is 30.3 Å². The summed E-state index contributed by atoms with van der Waals surface area (Å²) in [5.74, 6) is 0.0962. The van der Waals surface area contributed by atoms with Crippen molar-refractivity contribution in [3.63, 3.8) is 0 Å². The summed E-state index contributed by atoms with van der Waals surface area (Å²) in [6.45, 7) is 3.37. The smallest absolute Gasteiger partial charge is 0.242 e. The van der Waals surface area contributed by atoms with Gasteiger partial charge in [0.05, 0.1) is 5.54 Å². The lowest BCUT2D eigenvalue weighted by Crippen LogP contribution is -2.45. The average Bonchev–Trinajstić information content (AvgIpc) is 3.06. The first-order chi connectivity index (χ1) is 7.65. The Kier molecular flexibility index (Phi) is 4.54. The second-order valence-corrected chi connectivity index (χ2v) is 4.46. The fourth-order valence-electron chi connectivity index (χ4n) is 1.79. The van der Waals surface area contributed by atoms with Gasteiger partial charge in [-0.1, -0.05) is 30.3 Å². The van der Waals surface area contributed by atoms with Crippen molar-refractivity contribution in [3.05, 3.63) is 35.9 Å². The van der Waals surface area contributed by atoms with Crippen LogP contribution in [0.2, 0.25) is 0 Å². The number of nitrogens with two attached hydrogens (primary N) is 1. The number of hydrogen-bond acceptors (Lipinski definition) is 2. The molecule has 94 valence electrons. The zero-order chi connectivity index (χ0) is 11.6. The van der Waals surface area contributed by atoms with E-state index in [1.807, 2.05) is 42.2 Å². The van der Waals surface area contributed by atoms with E-state index in [-0.39, 0.29) is 18.3 Å². The molecule has 2 N–H and O–H groups in total. The van der Waals surface area contributed by atoms with Gasteiger partial charge >= 0.3 is 0 Å². The molecule has 1 saturated carbocycles. The molecular formula is C13H19ClN2O. The molecule has 0 unspecified atom stereocenters. The van der Waals surface area contributed by atoms with Crippen molar-refractivity contribution in [2.24, 2.45) is 5.73 Å². The van der Waals surface area contributed by atoms with Crippen LogP contribution in [0.5, 0.6) is 0 Å². The molecule has 0 aromatic heterocycles. The first-order valence-corrected chi connectivity index (χ1v) is 5.78. The quantitative estimate of drug-likeness (QED) is 0.893. The van der Waals surface area contributed by atoms with E-state index in [0.29, 0.717) is 13.1 Å². The van der Waals surface area contributed by atoms with E-state index in [1.54, 1.807) is 0 Å². The van der Waals surface area contributed by atoms with Gasteiger partial charge < -0.3 is 10.6 Å². The Bertz CT molecular complexity index is 376. The SMILES string of the molecule is CCN(Cc1ccccc1)C(=O)C1(N)CC1.Cl. The molecule has 1 aromatic rings. The van der Waals surface area contributed by atoms with Crippen molar-refractivity contribution in [1.82, 2.24) is 4.90 Å². The minimum Gasteiger partial charge on any atom is -0.337 e. The van der Waals surface area contributed by atoms with E-state index in [9.17, 15) is 4.79 Å². The number of halogens is 1. The first-order valence-electron chi connectivity index (χ1n) is 5.78. The molecule has 2 rings (SSSR count). The molecule has 17 heavy (non-hydrogen) atoms. The normalized spacial score (nSPS) is 15.9. The fraction of sp³-hybridized carbons (Fsp3) is 0.462. The first kappa shape index (κ1) is 14.0. The summed E-state index contributed by atoms with van der Waals surface area (Å²) < 4.78 is 0. The number of hydrogen-bond donors (Lipinski definition) is 1. The Morgan fingerprint density at radius 2 is 1.94 bits per heavy atom. The second kappa shape index (κ2) is 5.52. The number of nitrogens with zero attached hydrogens (tertiary/aromatic N) is 1. The highest BCUT2D eigenvalue weighted by Crippen LogP contribution is 2.34. The molecule has 1 aliphatic carbocycles. The summed E-state index contributed by atoms with van der Waals surface area (Å²) in [6.07, 6.45) is 1.66. The zero-order valence-electron chi connectivity index (χ0n) is 10.1. The lowest BCUT2D eigenvalue weighted by molar-refractivity contribution is -0.134. The van der Waals surface area contributed by atoms with Gasteiger partial charge in [0, 0.05) is 13.1 Å². The van der Waals surface area contributed by atoms with E-state index in [2.05, 4.69) is 0 Å². The third kappa shape index (κ3) is 3.20. The summed E-state index contributed by atoms with van der Waals surface area (Å²) in [4.78, 5) is 13.9. The molecule has 0 aliphatic heterocycles. The number of carbonyl (C=O) groups excluding carboxylic acids is 1. The van der Waals surface area contributed by atoms with E-state index >= 15 is 0 Å². The maximum atomic E-state index is 12.1. The summed E-state index contributed by atoms with van der Waals surface area (Å²) in [7, 11) is 0. The van der Waals surface area contributed by atoms with E-state index in [1.165, 1.54) is 0 Å². The van der Waals surface area contributed by atoms with Crippen LogP contribution in [0.3, 0.4) is 0 Å². The lowest BCUT2D eigenvalue weighted by atomic mass is 10.2. The molecule has 0 saturated heterocycles. The van der Waals surface area contributed by atoms with Gasteiger partial charge in [-0.05, 0) is 25.3 Å². The lowest BCUT2D eigenvalue weighted by Gasteiger charge is -2.24. The van der Waals surface area contributed by atoms with Gasteiger partial charge in [-0.2, -0.15) is 0 Å². The van der Waals surface area contributed by atoms with Gasteiger partial charge in [0.2, 0.25) is 5.91 Å². The van der Waals surface area contributed by atoms with Gasteiger partial charge in [0.1, 0.15) is 0 Å². The van der Waals surface area contributed by atoms with Crippen LogP contribution < -0.4 is 5.73 Å². The van der Waals surface area contributed by atoms with Crippen molar-refractivity contribution in [2.45, 2.75) is 31.8 Å². The average molecular weight is 255 g/mol. The molecule has 1 aromatic carbocycles. The van der Waals surface area contributed by atoms with Crippen LogP contribution in [0.1, 0.15) is 25.3 Å². The van der Waals surface area contributed by atoms with Crippen molar-refractivity contribution >= 4 is 18.3 Å². The standard InChI is InChI=1S/C13H18N2O.ClH/c1-2-15(12(16)13(14)8-9-13)10-11-6-4-3-5-7-11;/h3-7H,2,8-10,14H2,1H3;1H. The molecule has 0 radical (unpaired) electrons. The van der Waals surface area contributed by atoms with Gasteiger partial charge in [0.25, 0.3) is 0 Å². The second-order valence-electron chi connectivity index (χ2n) is 4.46. The zero-order valence-corrected chi connectivity index (χ0v) is 10.9. The Morgan fingerprint density at radius 3 is 2.41 bits per heavy atom. The van der Waals surface area contributed by atoms with Crippen molar-refractivity contribution in [3.8, 4) is 0 Å². The minimum absolute atomic E-state index is 0. The number of amides is 1. The van der Waals surface area contributed by atoms with Crippen molar-refractivity contribution < 1.29 is 4.79 Å². The molecule has 1 amide bonds. The van der Waals surface area contributed by atoms with Crippen LogP contribution in [-0.4, -0.2) is 22.9 Å². The largest absolute Gasteiger partial charge is 0.337 e. The Balaban J connectivity index is 0.00000144. The van der Waals surface area contributed by atoms with Crippen molar-refractivity contribution in [1.29, 1.82) is 0 Å². The topological polar surface area (TPSA) is 46.3 Å². The Labute approximate surface area is 108 Å². The van der Waals surface area contributed by atoms with Crippen LogP contribution >= 0.6 is 12.4 Å². The Hall–Kier alpha value is -1.06. The Morgan fingerprint density at radius 1 is 1.35 bits per heavy atom. The molecule has 3 nitrogen and oxygen atoms in total. The molecule has 1 aliphatic rings. The van der Waals surface area contributed by atoms with Gasteiger partial charge in [-0.3, -0.25) is 4.79 Å². The highest BCUT2D eigenvalue weighted by molar-refractivity contribution is 5.89. The maximum absolute atomic E-state index is 12.1. The molecule has 0 heterocycles. The molecule has 1 fully saturated rings. The van der Waals surface area contributed by atoms with Crippen LogP contribution in [-0.2, 0) is 11.3 Å². The third-order valence-corrected chi connectivity index (χ3v) is 3.10. The number of rotatable bonds is 4. The predicted octanol–water partition coefficient (Wildman–Crippen LogP) is 1.95. The van der Waals surface area contributed by atoms with Crippen LogP contribution in [0.25, 0.3) is 0 Å².